The van der Waals surface area contributed by atoms with E-state index in [1.807, 2.05) is 30.3 Å². The number of H-pyrrole nitrogens is 1. The third-order valence-electron chi connectivity index (χ3n) is 6.20. The maximum Gasteiger partial charge on any atom is 0.267 e. The van der Waals surface area contributed by atoms with Gasteiger partial charge in [0.1, 0.15) is 5.69 Å². The number of hydrogen-bond donors (Lipinski definition) is 2. The standard InChI is InChI=1S/C27H24Cl3N3OS/c28-18-6-7-25(22(30)12-18)35-26-14-19(29)13-23-21(26)15-24(32-23)27(34)31-20-8-10-33(11-9-20)16-17-4-2-1-3-5-17/h1-7,12-15,20,32H,8-11,16H2,(H,31,34). The van der Waals surface area contributed by atoms with E-state index in [1.54, 1.807) is 12.1 Å². The molecule has 0 bridgehead atoms. The van der Waals surface area contributed by atoms with Gasteiger partial charge in [0.2, 0.25) is 0 Å². The van der Waals surface area contributed by atoms with Crippen molar-refractivity contribution < 1.29 is 4.79 Å². The monoisotopic (exact) mass is 543 g/mol. The lowest BCUT2D eigenvalue weighted by atomic mass is 10.0. The Labute approximate surface area is 223 Å². The molecule has 35 heavy (non-hydrogen) atoms. The summed E-state index contributed by atoms with van der Waals surface area (Å²) in [6, 6.07) is 21.7. The first-order valence-electron chi connectivity index (χ1n) is 11.5. The van der Waals surface area contributed by atoms with Gasteiger partial charge in [-0.3, -0.25) is 9.69 Å². The minimum Gasteiger partial charge on any atom is -0.350 e. The van der Waals surface area contributed by atoms with Crippen LogP contribution in [0.4, 0.5) is 0 Å². The van der Waals surface area contributed by atoms with E-state index in [-0.39, 0.29) is 11.9 Å². The maximum atomic E-state index is 13.1. The molecule has 1 aromatic heterocycles. The van der Waals surface area contributed by atoms with Crippen LogP contribution in [-0.4, -0.2) is 34.9 Å². The van der Waals surface area contributed by atoms with E-state index in [0.29, 0.717) is 20.8 Å². The number of aromatic nitrogens is 1. The Kier molecular flexibility index (Phi) is 7.61. The summed E-state index contributed by atoms with van der Waals surface area (Å²) < 4.78 is 0. The van der Waals surface area contributed by atoms with Crippen molar-refractivity contribution in [1.29, 1.82) is 0 Å². The first-order valence-corrected chi connectivity index (χ1v) is 13.4. The number of halogens is 3. The molecule has 0 spiro atoms. The number of aromatic amines is 1. The van der Waals surface area contributed by atoms with E-state index < -0.39 is 0 Å². The van der Waals surface area contributed by atoms with Gasteiger partial charge in [0.15, 0.2) is 0 Å². The van der Waals surface area contributed by atoms with Gasteiger partial charge in [0.05, 0.1) is 5.02 Å². The average Bonchev–Trinajstić information content (AvgIpc) is 3.27. The smallest absolute Gasteiger partial charge is 0.267 e. The van der Waals surface area contributed by atoms with Gasteiger partial charge in [-0.25, -0.2) is 0 Å². The zero-order valence-electron chi connectivity index (χ0n) is 18.9. The number of carbonyl (C=O) groups is 1. The van der Waals surface area contributed by atoms with Gasteiger partial charge < -0.3 is 10.3 Å². The second-order valence-electron chi connectivity index (χ2n) is 8.73. The molecule has 0 aliphatic carbocycles. The van der Waals surface area contributed by atoms with Crippen molar-refractivity contribution in [2.75, 3.05) is 13.1 Å². The lowest BCUT2D eigenvalue weighted by Gasteiger charge is -2.32. The second-order valence-corrected chi connectivity index (χ2v) is 11.1. The normalized spacial score (nSPS) is 14.9. The summed E-state index contributed by atoms with van der Waals surface area (Å²) in [6.45, 7) is 2.87. The molecule has 3 aromatic carbocycles. The fourth-order valence-electron chi connectivity index (χ4n) is 4.39. The molecule has 1 fully saturated rings. The number of amides is 1. The molecule has 4 nitrogen and oxygen atoms in total. The summed E-state index contributed by atoms with van der Waals surface area (Å²) in [4.78, 5) is 20.5. The molecular formula is C27H24Cl3N3OS. The van der Waals surface area contributed by atoms with Crippen LogP contribution in [0.15, 0.2) is 76.5 Å². The first-order chi connectivity index (χ1) is 16.9. The first kappa shape index (κ1) is 24.5. The highest BCUT2D eigenvalue weighted by Crippen LogP contribution is 2.40. The van der Waals surface area contributed by atoms with E-state index >= 15 is 0 Å². The highest BCUT2D eigenvalue weighted by atomic mass is 35.5. The van der Waals surface area contributed by atoms with Crippen LogP contribution in [0, 0.1) is 0 Å². The molecule has 0 radical (unpaired) electrons. The van der Waals surface area contributed by atoms with Crippen molar-refractivity contribution in [3.63, 3.8) is 0 Å². The number of nitrogens with zero attached hydrogens (tertiary/aromatic N) is 1. The van der Waals surface area contributed by atoms with Crippen LogP contribution in [0.2, 0.25) is 15.1 Å². The molecule has 0 atom stereocenters. The van der Waals surface area contributed by atoms with Gasteiger partial charge in [0.25, 0.3) is 5.91 Å². The molecule has 0 saturated carbocycles. The average molecular weight is 545 g/mol. The van der Waals surface area contributed by atoms with Crippen LogP contribution < -0.4 is 5.32 Å². The fourth-order valence-corrected chi connectivity index (χ4v) is 6.20. The molecule has 2 heterocycles. The summed E-state index contributed by atoms with van der Waals surface area (Å²) in [5.74, 6) is -0.0979. The molecule has 2 N–H and O–H groups in total. The quantitative estimate of drug-likeness (QED) is 0.262. The molecule has 1 amide bonds. The Morgan fingerprint density at radius 1 is 0.943 bits per heavy atom. The summed E-state index contributed by atoms with van der Waals surface area (Å²) in [5, 5.41) is 5.88. The van der Waals surface area contributed by atoms with Gasteiger partial charge in [0, 0.05) is 56.4 Å². The largest absolute Gasteiger partial charge is 0.350 e. The van der Waals surface area contributed by atoms with E-state index in [1.165, 1.54) is 17.3 Å². The molecule has 1 saturated heterocycles. The summed E-state index contributed by atoms with van der Waals surface area (Å²) in [5.41, 5.74) is 2.66. The molecule has 1 aliphatic heterocycles. The zero-order chi connectivity index (χ0) is 24.4. The SMILES string of the molecule is O=C(NC1CCN(Cc2ccccc2)CC1)c1cc2c(Sc3ccc(Cl)cc3Cl)cc(Cl)cc2[nH]1. The number of nitrogens with one attached hydrogen (secondary N) is 2. The molecule has 8 heteroatoms. The molecule has 0 unspecified atom stereocenters. The van der Waals surface area contributed by atoms with E-state index in [9.17, 15) is 4.79 Å². The van der Waals surface area contributed by atoms with Crippen LogP contribution in [0.3, 0.4) is 0 Å². The minimum atomic E-state index is -0.0979. The highest BCUT2D eigenvalue weighted by Gasteiger charge is 2.22. The molecule has 4 aromatic rings. The Morgan fingerprint density at radius 2 is 1.71 bits per heavy atom. The Balaban J connectivity index is 1.26. The number of rotatable bonds is 6. The van der Waals surface area contributed by atoms with Crippen molar-refractivity contribution in [3.8, 4) is 0 Å². The topological polar surface area (TPSA) is 48.1 Å². The number of piperidine rings is 1. The Bertz CT molecular complexity index is 1350. The molecule has 1 aliphatic rings. The number of likely N-dealkylation sites (tertiary alicyclic amines) is 1. The summed E-state index contributed by atoms with van der Waals surface area (Å²) >= 11 is 20.3. The lowest BCUT2D eigenvalue weighted by Crippen LogP contribution is -2.44. The third kappa shape index (κ3) is 5.99. The van der Waals surface area contributed by atoms with Gasteiger partial charge in [-0.05, 0) is 54.8 Å². The van der Waals surface area contributed by atoms with Gasteiger partial charge >= 0.3 is 0 Å². The Morgan fingerprint density at radius 3 is 2.46 bits per heavy atom. The van der Waals surface area contributed by atoms with Crippen molar-refractivity contribution >= 4 is 63.4 Å². The minimum absolute atomic E-state index is 0.0979. The Hall–Kier alpha value is -2.15. The van der Waals surface area contributed by atoms with E-state index in [2.05, 4.69) is 39.5 Å². The molecular weight excluding hydrogens is 521 g/mol. The number of carbonyl (C=O) groups excluding carboxylic acids is 1. The predicted molar refractivity (Wildman–Crippen MR) is 146 cm³/mol. The summed E-state index contributed by atoms with van der Waals surface area (Å²) in [7, 11) is 0. The van der Waals surface area contributed by atoms with Crippen LogP contribution in [0.25, 0.3) is 10.9 Å². The van der Waals surface area contributed by atoms with E-state index in [0.717, 1.165) is 53.2 Å². The van der Waals surface area contributed by atoms with Crippen molar-refractivity contribution in [3.05, 3.63) is 93.1 Å². The lowest BCUT2D eigenvalue weighted by molar-refractivity contribution is 0.0904. The summed E-state index contributed by atoms with van der Waals surface area (Å²) in [6.07, 6.45) is 1.86. The van der Waals surface area contributed by atoms with Crippen LogP contribution >= 0.6 is 46.6 Å². The van der Waals surface area contributed by atoms with Crippen LogP contribution in [0.5, 0.6) is 0 Å². The van der Waals surface area contributed by atoms with E-state index in [4.69, 9.17) is 34.8 Å². The molecule has 180 valence electrons. The van der Waals surface area contributed by atoms with Gasteiger partial charge in [-0.15, -0.1) is 0 Å². The highest BCUT2D eigenvalue weighted by molar-refractivity contribution is 7.99. The third-order valence-corrected chi connectivity index (χ3v) is 8.21. The van der Waals surface area contributed by atoms with Crippen molar-refractivity contribution in [2.24, 2.45) is 0 Å². The van der Waals surface area contributed by atoms with Crippen LogP contribution in [-0.2, 0) is 6.54 Å². The predicted octanol–water partition coefficient (Wildman–Crippen LogP) is 7.67. The fraction of sp³-hybridized carbons (Fsp3) is 0.222. The van der Waals surface area contributed by atoms with Gasteiger partial charge in [-0.2, -0.15) is 0 Å². The second kappa shape index (κ2) is 10.9. The number of fused-ring (bicyclic) bond motifs is 1. The zero-order valence-corrected chi connectivity index (χ0v) is 21.9. The number of benzene rings is 3. The van der Waals surface area contributed by atoms with Crippen molar-refractivity contribution in [1.82, 2.24) is 15.2 Å². The molecule has 5 rings (SSSR count). The number of hydrogen-bond acceptors (Lipinski definition) is 3. The van der Waals surface area contributed by atoms with Crippen molar-refractivity contribution in [2.45, 2.75) is 35.2 Å². The van der Waals surface area contributed by atoms with Crippen LogP contribution in [0.1, 0.15) is 28.9 Å². The van der Waals surface area contributed by atoms with Gasteiger partial charge in [-0.1, -0.05) is 76.9 Å². The maximum absolute atomic E-state index is 13.1.